The predicted octanol–water partition coefficient (Wildman–Crippen LogP) is 2.05. The molecule has 1 atom stereocenters. The summed E-state index contributed by atoms with van der Waals surface area (Å²) >= 11 is 6.08. The lowest BCUT2D eigenvalue weighted by Crippen LogP contribution is -2.42. The molecule has 0 spiro atoms. The molecular formula is C15H20ClN3O4S. The standard InChI is InChI=1S/C15H20ClN3O4S/c1-3-14(20)17-10-6-7-11(16)12(9-10)18-15(21)13-5-4-8-19(13)24(2,22)23/h6-7,9,13H,3-5,8H2,1-2H3,(H,17,20)(H,18,21). The van der Waals surface area contributed by atoms with Crippen LogP contribution in [0.25, 0.3) is 0 Å². The van der Waals surface area contributed by atoms with Crippen molar-refractivity contribution in [2.24, 2.45) is 0 Å². The van der Waals surface area contributed by atoms with Crippen molar-refractivity contribution in [1.29, 1.82) is 0 Å². The third-order valence-corrected chi connectivity index (χ3v) is 5.38. The number of nitrogens with one attached hydrogen (secondary N) is 2. The molecule has 7 nitrogen and oxygen atoms in total. The van der Waals surface area contributed by atoms with Gasteiger partial charge in [0, 0.05) is 18.7 Å². The van der Waals surface area contributed by atoms with Crippen molar-refractivity contribution in [3.05, 3.63) is 23.2 Å². The quantitative estimate of drug-likeness (QED) is 0.825. The highest BCUT2D eigenvalue weighted by molar-refractivity contribution is 7.88. The summed E-state index contributed by atoms with van der Waals surface area (Å²) < 4.78 is 24.7. The summed E-state index contributed by atoms with van der Waals surface area (Å²) in [5.74, 6) is -0.590. The zero-order valence-electron chi connectivity index (χ0n) is 13.5. The number of rotatable bonds is 5. The summed E-state index contributed by atoms with van der Waals surface area (Å²) in [5.41, 5.74) is 0.837. The molecule has 2 rings (SSSR count). The third kappa shape index (κ3) is 4.46. The van der Waals surface area contributed by atoms with Crippen molar-refractivity contribution in [2.75, 3.05) is 23.4 Å². The van der Waals surface area contributed by atoms with E-state index in [1.165, 1.54) is 4.31 Å². The lowest BCUT2D eigenvalue weighted by atomic mass is 10.2. The lowest BCUT2D eigenvalue weighted by Gasteiger charge is -2.21. The fourth-order valence-electron chi connectivity index (χ4n) is 2.56. The van der Waals surface area contributed by atoms with Crippen LogP contribution in [-0.2, 0) is 19.6 Å². The molecule has 0 saturated carbocycles. The average molecular weight is 374 g/mol. The van der Waals surface area contributed by atoms with Gasteiger partial charge in [0.1, 0.15) is 6.04 Å². The van der Waals surface area contributed by atoms with Crippen LogP contribution in [0.15, 0.2) is 18.2 Å². The number of benzene rings is 1. The molecule has 132 valence electrons. The average Bonchev–Trinajstić information content (AvgIpc) is 3.00. The monoisotopic (exact) mass is 373 g/mol. The minimum atomic E-state index is -3.44. The molecule has 2 amide bonds. The van der Waals surface area contributed by atoms with Crippen LogP contribution >= 0.6 is 11.6 Å². The Bertz CT molecular complexity index is 751. The van der Waals surface area contributed by atoms with Crippen LogP contribution in [0, 0.1) is 0 Å². The second-order valence-electron chi connectivity index (χ2n) is 5.62. The maximum atomic E-state index is 12.5. The van der Waals surface area contributed by atoms with Gasteiger partial charge in [0.25, 0.3) is 0 Å². The predicted molar refractivity (Wildman–Crippen MR) is 93.6 cm³/mol. The molecule has 1 heterocycles. The van der Waals surface area contributed by atoms with E-state index in [9.17, 15) is 18.0 Å². The molecule has 0 radical (unpaired) electrons. The number of hydrogen-bond acceptors (Lipinski definition) is 4. The van der Waals surface area contributed by atoms with E-state index in [1.807, 2.05) is 0 Å². The Morgan fingerprint density at radius 3 is 2.67 bits per heavy atom. The molecule has 2 N–H and O–H groups in total. The van der Waals surface area contributed by atoms with Crippen molar-refractivity contribution in [1.82, 2.24) is 4.31 Å². The van der Waals surface area contributed by atoms with Gasteiger partial charge in [0.2, 0.25) is 21.8 Å². The Hall–Kier alpha value is -1.64. The van der Waals surface area contributed by atoms with E-state index in [1.54, 1.807) is 25.1 Å². The smallest absolute Gasteiger partial charge is 0.242 e. The number of nitrogens with zero attached hydrogens (tertiary/aromatic N) is 1. The first-order valence-corrected chi connectivity index (χ1v) is 9.82. The maximum absolute atomic E-state index is 12.5. The van der Waals surface area contributed by atoms with Gasteiger partial charge in [-0.05, 0) is 31.0 Å². The first-order chi connectivity index (χ1) is 11.2. The Balaban J connectivity index is 2.16. The molecule has 0 aliphatic carbocycles. The van der Waals surface area contributed by atoms with Gasteiger partial charge in [0.05, 0.1) is 17.0 Å². The van der Waals surface area contributed by atoms with E-state index < -0.39 is 22.0 Å². The highest BCUT2D eigenvalue weighted by Gasteiger charge is 2.36. The molecule has 1 aliphatic heterocycles. The minimum Gasteiger partial charge on any atom is -0.326 e. The molecule has 1 unspecified atom stereocenters. The highest BCUT2D eigenvalue weighted by Crippen LogP contribution is 2.28. The Kier molecular flexibility index (Phi) is 5.84. The molecule has 24 heavy (non-hydrogen) atoms. The van der Waals surface area contributed by atoms with Crippen LogP contribution in [-0.4, -0.2) is 43.4 Å². The maximum Gasteiger partial charge on any atom is 0.242 e. The number of hydrogen-bond donors (Lipinski definition) is 2. The zero-order chi connectivity index (χ0) is 17.9. The Morgan fingerprint density at radius 1 is 1.33 bits per heavy atom. The molecule has 1 saturated heterocycles. The summed E-state index contributed by atoms with van der Waals surface area (Å²) in [5, 5.41) is 5.64. The van der Waals surface area contributed by atoms with Gasteiger partial charge >= 0.3 is 0 Å². The molecule has 1 fully saturated rings. The van der Waals surface area contributed by atoms with Crippen LogP contribution in [0.5, 0.6) is 0 Å². The molecule has 1 aliphatic rings. The molecule has 0 aromatic heterocycles. The third-order valence-electron chi connectivity index (χ3n) is 3.76. The van der Waals surface area contributed by atoms with Gasteiger partial charge in [0.15, 0.2) is 0 Å². The van der Waals surface area contributed by atoms with Crippen LogP contribution < -0.4 is 10.6 Å². The number of anilines is 2. The zero-order valence-corrected chi connectivity index (χ0v) is 15.1. The van der Waals surface area contributed by atoms with E-state index in [0.29, 0.717) is 42.2 Å². The van der Waals surface area contributed by atoms with E-state index in [0.717, 1.165) is 6.26 Å². The number of sulfonamides is 1. The van der Waals surface area contributed by atoms with Crippen LogP contribution in [0.1, 0.15) is 26.2 Å². The SMILES string of the molecule is CCC(=O)Nc1ccc(Cl)c(NC(=O)C2CCCN2S(C)(=O)=O)c1. The summed E-state index contributed by atoms with van der Waals surface area (Å²) in [6.45, 7) is 2.06. The topological polar surface area (TPSA) is 95.6 Å². The summed E-state index contributed by atoms with van der Waals surface area (Å²) in [4.78, 5) is 23.9. The second kappa shape index (κ2) is 7.50. The van der Waals surface area contributed by atoms with Crippen LogP contribution in [0.3, 0.4) is 0 Å². The van der Waals surface area contributed by atoms with Crippen LogP contribution in [0.4, 0.5) is 11.4 Å². The first-order valence-electron chi connectivity index (χ1n) is 7.59. The van der Waals surface area contributed by atoms with E-state index >= 15 is 0 Å². The summed E-state index contributed by atoms with van der Waals surface area (Å²) in [6.07, 6.45) is 2.51. The van der Waals surface area contributed by atoms with E-state index in [2.05, 4.69) is 10.6 Å². The number of halogens is 1. The fourth-order valence-corrected chi connectivity index (χ4v) is 3.85. The van der Waals surface area contributed by atoms with Crippen molar-refractivity contribution < 1.29 is 18.0 Å². The number of amides is 2. The van der Waals surface area contributed by atoms with E-state index in [4.69, 9.17) is 11.6 Å². The first kappa shape index (κ1) is 18.7. The summed E-state index contributed by atoms with van der Waals surface area (Å²) in [7, 11) is -3.44. The van der Waals surface area contributed by atoms with Gasteiger partial charge in [-0.3, -0.25) is 9.59 Å². The molecular weight excluding hydrogens is 354 g/mol. The largest absolute Gasteiger partial charge is 0.326 e. The molecule has 0 bridgehead atoms. The van der Waals surface area contributed by atoms with Crippen molar-refractivity contribution >= 4 is 44.8 Å². The molecule has 9 heteroatoms. The summed E-state index contributed by atoms with van der Waals surface area (Å²) in [6, 6.07) is 3.99. The minimum absolute atomic E-state index is 0.159. The van der Waals surface area contributed by atoms with Crippen molar-refractivity contribution in [3.8, 4) is 0 Å². The number of carbonyl (C=O) groups excluding carboxylic acids is 2. The highest BCUT2D eigenvalue weighted by atomic mass is 35.5. The second-order valence-corrected chi connectivity index (χ2v) is 7.96. The van der Waals surface area contributed by atoms with Crippen LogP contribution in [0.2, 0.25) is 5.02 Å². The van der Waals surface area contributed by atoms with Crippen molar-refractivity contribution in [3.63, 3.8) is 0 Å². The van der Waals surface area contributed by atoms with Gasteiger partial charge in [-0.2, -0.15) is 4.31 Å². The van der Waals surface area contributed by atoms with Gasteiger partial charge in [-0.1, -0.05) is 18.5 Å². The van der Waals surface area contributed by atoms with Gasteiger partial charge in [-0.15, -0.1) is 0 Å². The van der Waals surface area contributed by atoms with Crippen molar-refractivity contribution in [2.45, 2.75) is 32.2 Å². The Labute approximate surface area is 146 Å². The van der Waals surface area contributed by atoms with Gasteiger partial charge < -0.3 is 10.6 Å². The van der Waals surface area contributed by atoms with E-state index in [-0.39, 0.29) is 5.91 Å². The normalized spacial score (nSPS) is 18.4. The number of carbonyl (C=O) groups is 2. The fraction of sp³-hybridized carbons (Fsp3) is 0.467. The lowest BCUT2D eigenvalue weighted by molar-refractivity contribution is -0.119. The van der Waals surface area contributed by atoms with Gasteiger partial charge in [-0.25, -0.2) is 8.42 Å². The molecule has 1 aromatic carbocycles. The Morgan fingerprint density at radius 2 is 2.04 bits per heavy atom. The molecule has 1 aromatic rings.